The number of amides is 1. The predicted molar refractivity (Wildman–Crippen MR) is 84.5 cm³/mol. The molecule has 0 aliphatic carbocycles. The second kappa shape index (κ2) is 5.85. The number of hydrogen-bond acceptors (Lipinski definition) is 4. The Bertz CT molecular complexity index is 667. The molecule has 1 atom stereocenters. The number of para-hydroxylation sites is 1. The average molecular weight is 299 g/mol. The molecule has 1 amide bonds. The number of carbonyl (C=O) groups excluding carboxylic acids is 1. The second-order valence-corrected chi connectivity index (χ2v) is 6.39. The van der Waals surface area contributed by atoms with Crippen LogP contribution >= 0.6 is 11.8 Å². The summed E-state index contributed by atoms with van der Waals surface area (Å²) in [5.74, 6) is 0.0349. The molecule has 1 aromatic carbocycles. The third kappa shape index (κ3) is 3.24. The number of carbonyl (C=O) groups is 1. The van der Waals surface area contributed by atoms with Gasteiger partial charge in [-0.05, 0) is 44.4 Å². The van der Waals surface area contributed by atoms with Crippen LogP contribution in [0.25, 0.3) is 0 Å². The molecule has 1 aliphatic rings. The summed E-state index contributed by atoms with van der Waals surface area (Å²) in [5, 5.41) is 3.53. The molecule has 1 aromatic heterocycles. The Morgan fingerprint density at radius 2 is 1.90 bits per heavy atom. The minimum atomic E-state index is -0.154. The fraction of sp³-hybridized carbons (Fsp3) is 0.312. The van der Waals surface area contributed by atoms with E-state index < -0.39 is 0 Å². The van der Waals surface area contributed by atoms with E-state index in [1.165, 1.54) is 17.3 Å². The molecule has 1 unspecified atom stereocenters. The van der Waals surface area contributed by atoms with Crippen LogP contribution in [0.2, 0.25) is 0 Å². The van der Waals surface area contributed by atoms with E-state index in [4.69, 9.17) is 0 Å². The summed E-state index contributed by atoms with van der Waals surface area (Å²) in [5.41, 5.74) is 3.98. The molecule has 1 aliphatic heterocycles. The average Bonchev–Trinajstić information content (AvgIpc) is 2.58. The van der Waals surface area contributed by atoms with Gasteiger partial charge < -0.3 is 5.32 Å². The third-order valence-electron chi connectivity index (χ3n) is 3.45. The van der Waals surface area contributed by atoms with Crippen molar-refractivity contribution < 1.29 is 4.79 Å². The van der Waals surface area contributed by atoms with E-state index in [1.54, 1.807) is 0 Å². The van der Waals surface area contributed by atoms with Crippen molar-refractivity contribution in [1.82, 2.24) is 9.97 Å². The molecule has 3 rings (SSSR count). The fourth-order valence-corrected chi connectivity index (χ4v) is 3.53. The van der Waals surface area contributed by atoms with Gasteiger partial charge in [0.15, 0.2) is 5.16 Å². The zero-order chi connectivity index (χ0) is 14.8. The summed E-state index contributed by atoms with van der Waals surface area (Å²) >= 11 is 1.45. The van der Waals surface area contributed by atoms with Crippen LogP contribution in [0.3, 0.4) is 0 Å². The number of anilines is 1. The van der Waals surface area contributed by atoms with Gasteiger partial charge in [0, 0.05) is 17.1 Å². The number of aryl methyl sites for hydroxylation is 3. The number of hydrogen-bond donors (Lipinski definition) is 1. The molecule has 1 N–H and O–H groups in total. The van der Waals surface area contributed by atoms with Crippen LogP contribution < -0.4 is 5.32 Å². The zero-order valence-electron chi connectivity index (χ0n) is 12.1. The molecule has 5 heteroatoms. The lowest BCUT2D eigenvalue weighted by atomic mass is 10.1. The van der Waals surface area contributed by atoms with Crippen LogP contribution in [0.5, 0.6) is 0 Å². The first kappa shape index (κ1) is 14.1. The Morgan fingerprint density at radius 1 is 1.19 bits per heavy atom. The van der Waals surface area contributed by atoms with Crippen LogP contribution in [0.15, 0.2) is 35.5 Å². The lowest BCUT2D eigenvalue weighted by molar-refractivity contribution is -0.115. The minimum Gasteiger partial charge on any atom is -0.325 e. The topological polar surface area (TPSA) is 54.9 Å². The highest BCUT2D eigenvalue weighted by Gasteiger charge is 2.25. The Morgan fingerprint density at radius 3 is 2.67 bits per heavy atom. The van der Waals surface area contributed by atoms with E-state index in [0.29, 0.717) is 5.16 Å². The Kier molecular flexibility index (Phi) is 3.92. The van der Waals surface area contributed by atoms with E-state index in [2.05, 4.69) is 21.4 Å². The number of nitrogens with zero attached hydrogens (tertiary/aromatic N) is 2. The van der Waals surface area contributed by atoms with Gasteiger partial charge in [-0.25, -0.2) is 9.97 Å². The van der Waals surface area contributed by atoms with Gasteiger partial charge in [-0.3, -0.25) is 4.79 Å². The monoisotopic (exact) mass is 299 g/mol. The number of benzene rings is 1. The highest BCUT2D eigenvalue weighted by Crippen LogP contribution is 2.30. The maximum absolute atomic E-state index is 12.4. The summed E-state index contributed by atoms with van der Waals surface area (Å²) in [6.07, 6.45) is 1.68. The molecule has 21 heavy (non-hydrogen) atoms. The Hall–Kier alpha value is -1.88. The molecule has 2 aromatic rings. The van der Waals surface area contributed by atoms with Gasteiger partial charge in [0.1, 0.15) is 0 Å². The molecular formula is C16H17N3OS. The van der Waals surface area contributed by atoms with Crippen molar-refractivity contribution in [3.05, 3.63) is 47.3 Å². The van der Waals surface area contributed by atoms with Crippen LogP contribution in [0.4, 0.5) is 5.69 Å². The van der Waals surface area contributed by atoms with Crippen molar-refractivity contribution in [1.29, 1.82) is 0 Å². The van der Waals surface area contributed by atoms with E-state index in [1.807, 2.05) is 38.1 Å². The predicted octanol–water partition coefficient (Wildman–Crippen LogP) is 3.14. The van der Waals surface area contributed by atoms with Crippen molar-refractivity contribution in [3.8, 4) is 0 Å². The molecule has 0 bridgehead atoms. The number of aromatic nitrogens is 2. The van der Waals surface area contributed by atoms with Crippen LogP contribution in [0, 0.1) is 13.8 Å². The largest absolute Gasteiger partial charge is 0.325 e. The maximum Gasteiger partial charge on any atom is 0.237 e. The van der Waals surface area contributed by atoms with Crippen molar-refractivity contribution in [2.45, 2.75) is 37.1 Å². The first-order valence-electron chi connectivity index (χ1n) is 6.99. The molecule has 0 fully saturated rings. The first-order valence-corrected chi connectivity index (χ1v) is 7.87. The van der Waals surface area contributed by atoms with Gasteiger partial charge >= 0.3 is 0 Å². The summed E-state index contributed by atoms with van der Waals surface area (Å²) < 4.78 is 0. The quantitative estimate of drug-likeness (QED) is 0.866. The standard InChI is InChI=1S/C16H17N3OS/c1-10-9-11(2)18-16(17-10)21-14-8-7-12-5-3-4-6-13(12)19-15(14)20/h3-6,9,14H,7-8H2,1-2H3,(H,19,20). The summed E-state index contributed by atoms with van der Waals surface area (Å²) in [4.78, 5) is 21.2. The number of nitrogens with one attached hydrogen (secondary N) is 1. The van der Waals surface area contributed by atoms with Crippen molar-refractivity contribution >= 4 is 23.4 Å². The molecule has 0 saturated heterocycles. The summed E-state index contributed by atoms with van der Waals surface area (Å²) in [7, 11) is 0. The first-order chi connectivity index (χ1) is 10.1. The smallest absolute Gasteiger partial charge is 0.237 e. The van der Waals surface area contributed by atoms with E-state index in [0.717, 1.165) is 29.9 Å². The zero-order valence-corrected chi connectivity index (χ0v) is 12.9. The molecule has 0 radical (unpaired) electrons. The Labute approximate surface area is 128 Å². The maximum atomic E-state index is 12.4. The molecule has 108 valence electrons. The molecular weight excluding hydrogens is 282 g/mol. The minimum absolute atomic E-state index is 0.0349. The molecule has 0 spiro atoms. The van der Waals surface area contributed by atoms with E-state index >= 15 is 0 Å². The highest BCUT2D eigenvalue weighted by atomic mass is 32.2. The lowest BCUT2D eigenvalue weighted by Gasteiger charge is -2.12. The van der Waals surface area contributed by atoms with Gasteiger partial charge in [-0.1, -0.05) is 30.0 Å². The number of fused-ring (bicyclic) bond motifs is 1. The number of rotatable bonds is 2. The molecule has 2 heterocycles. The van der Waals surface area contributed by atoms with Crippen LogP contribution in [0.1, 0.15) is 23.4 Å². The number of thioether (sulfide) groups is 1. The highest BCUT2D eigenvalue weighted by molar-refractivity contribution is 8.00. The van der Waals surface area contributed by atoms with Gasteiger partial charge in [0.05, 0.1) is 5.25 Å². The van der Waals surface area contributed by atoms with Gasteiger partial charge in [-0.2, -0.15) is 0 Å². The molecule has 0 saturated carbocycles. The van der Waals surface area contributed by atoms with E-state index in [-0.39, 0.29) is 11.2 Å². The Balaban J connectivity index is 1.79. The SMILES string of the molecule is Cc1cc(C)nc(SC2CCc3ccccc3NC2=O)n1. The lowest BCUT2D eigenvalue weighted by Crippen LogP contribution is -2.23. The van der Waals surface area contributed by atoms with Crippen molar-refractivity contribution in [2.24, 2.45) is 0 Å². The van der Waals surface area contributed by atoms with E-state index in [9.17, 15) is 4.79 Å². The molecule has 4 nitrogen and oxygen atoms in total. The fourth-order valence-electron chi connectivity index (χ4n) is 2.48. The van der Waals surface area contributed by atoms with Gasteiger partial charge in [0.2, 0.25) is 5.91 Å². The van der Waals surface area contributed by atoms with Crippen molar-refractivity contribution in [2.75, 3.05) is 5.32 Å². The van der Waals surface area contributed by atoms with Crippen LogP contribution in [-0.2, 0) is 11.2 Å². The van der Waals surface area contributed by atoms with Gasteiger partial charge in [0.25, 0.3) is 0 Å². The van der Waals surface area contributed by atoms with Gasteiger partial charge in [-0.15, -0.1) is 0 Å². The summed E-state index contributed by atoms with van der Waals surface area (Å²) in [6, 6.07) is 9.90. The second-order valence-electron chi connectivity index (χ2n) is 5.22. The summed E-state index contributed by atoms with van der Waals surface area (Å²) in [6.45, 7) is 3.89. The van der Waals surface area contributed by atoms with Crippen LogP contribution in [-0.4, -0.2) is 21.1 Å². The van der Waals surface area contributed by atoms with Crippen molar-refractivity contribution in [3.63, 3.8) is 0 Å². The third-order valence-corrected chi connectivity index (χ3v) is 4.58. The normalized spacial score (nSPS) is 17.8.